The number of nitrogens with zero attached hydrogens (tertiary/aromatic N) is 3. The third-order valence-corrected chi connectivity index (χ3v) is 4.52. The molecule has 8 heteroatoms. The number of alkyl halides is 3. The third kappa shape index (κ3) is 4.75. The Labute approximate surface area is 155 Å². The number of benzene rings is 1. The first-order valence-electron chi connectivity index (χ1n) is 8.70. The molecule has 1 aromatic carbocycles. The van der Waals surface area contributed by atoms with Gasteiger partial charge in [0.2, 0.25) is 11.9 Å². The molecule has 2 aromatic rings. The summed E-state index contributed by atoms with van der Waals surface area (Å²) < 4.78 is 38.3. The summed E-state index contributed by atoms with van der Waals surface area (Å²) in [5.74, 6) is 0.370. The molecule has 144 valence electrons. The lowest BCUT2D eigenvalue weighted by Gasteiger charge is -2.25. The summed E-state index contributed by atoms with van der Waals surface area (Å²) >= 11 is 0. The Bertz CT molecular complexity index is 836. The van der Waals surface area contributed by atoms with Gasteiger partial charge in [0.1, 0.15) is 0 Å². The number of nitrogens with one attached hydrogen (secondary N) is 1. The summed E-state index contributed by atoms with van der Waals surface area (Å²) in [7, 11) is 3.75. The predicted molar refractivity (Wildman–Crippen MR) is 95.5 cm³/mol. The summed E-state index contributed by atoms with van der Waals surface area (Å²) in [4.78, 5) is 22.9. The van der Waals surface area contributed by atoms with Gasteiger partial charge in [-0.15, -0.1) is 0 Å². The minimum atomic E-state index is -4.41. The fraction of sp³-hybridized carbons (Fsp3) is 0.421. The van der Waals surface area contributed by atoms with E-state index in [0.29, 0.717) is 17.9 Å². The van der Waals surface area contributed by atoms with Crippen molar-refractivity contribution in [3.63, 3.8) is 0 Å². The maximum absolute atomic E-state index is 12.8. The zero-order chi connectivity index (χ0) is 19.6. The molecule has 0 bridgehead atoms. The molecular weight excluding hydrogens is 357 g/mol. The molecule has 1 aromatic heterocycles. The summed E-state index contributed by atoms with van der Waals surface area (Å²) in [6.07, 6.45) is -0.618. The zero-order valence-electron chi connectivity index (χ0n) is 15.2. The summed E-state index contributed by atoms with van der Waals surface area (Å²) in [6.45, 7) is 0. The van der Waals surface area contributed by atoms with E-state index in [4.69, 9.17) is 0 Å². The van der Waals surface area contributed by atoms with Crippen LogP contribution in [0.15, 0.2) is 30.5 Å². The molecule has 1 heterocycles. The average molecular weight is 378 g/mol. The van der Waals surface area contributed by atoms with Gasteiger partial charge in [-0.25, -0.2) is 9.97 Å². The van der Waals surface area contributed by atoms with Crippen molar-refractivity contribution in [1.29, 1.82) is 0 Å². The van der Waals surface area contributed by atoms with Gasteiger partial charge in [0, 0.05) is 32.0 Å². The molecule has 3 rings (SSSR count). The van der Waals surface area contributed by atoms with Gasteiger partial charge in [-0.2, -0.15) is 13.2 Å². The van der Waals surface area contributed by atoms with E-state index in [-0.39, 0.29) is 18.4 Å². The van der Waals surface area contributed by atoms with Crippen molar-refractivity contribution in [3.05, 3.63) is 52.8 Å². The standard InChI is InChI=1S/C19H21F3N4O/c1-26(2)18-23-11-13-10-15(6-7-16(13)25-18)24-17(27)9-12-4-3-5-14(8-12)19(20,21)22/h3-5,8,11,15H,6-7,9-10H2,1-2H3,(H,24,27). The number of amides is 1. The zero-order valence-corrected chi connectivity index (χ0v) is 15.2. The van der Waals surface area contributed by atoms with E-state index in [2.05, 4.69) is 15.3 Å². The molecule has 1 N–H and O–H groups in total. The highest BCUT2D eigenvalue weighted by atomic mass is 19.4. The number of rotatable bonds is 4. The van der Waals surface area contributed by atoms with Crippen LogP contribution in [0.1, 0.15) is 28.8 Å². The lowest BCUT2D eigenvalue weighted by atomic mass is 9.92. The number of aromatic nitrogens is 2. The van der Waals surface area contributed by atoms with Gasteiger partial charge >= 0.3 is 6.18 Å². The van der Waals surface area contributed by atoms with Crippen LogP contribution in [0, 0.1) is 0 Å². The van der Waals surface area contributed by atoms with Crippen LogP contribution < -0.4 is 10.2 Å². The quantitative estimate of drug-likeness (QED) is 0.889. The maximum atomic E-state index is 12.8. The second-order valence-electron chi connectivity index (χ2n) is 6.92. The van der Waals surface area contributed by atoms with Crippen molar-refractivity contribution < 1.29 is 18.0 Å². The van der Waals surface area contributed by atoms with E-state index in [0.717, 1.165) is 36.2 Å². The first-order chi connectivity index (χ1) is 12.7. The highest BCUT2D eigenvalue weighted by Gasteiger charge is 2.30. The van der Waals surface area contributed by atoms with Gasteiger partial charge < -0.3 is 10.2 Å². The molecule has 0 fully saturated rings. The second-order valence-corrected chi connectivity index (χ2v) is 6.92. The topological polar surface area (TPSA) is 58.1 Å². The van der Waals surface area contributed by atoms with Gasteiger partial charge in [0.15, 0.2) is 0 Å². The van der Waals surface area contributed by atoms with Crippen molar-refractivity contribution in [2.45, 2.75) is 37.9 Å². The predicted octanol–water partition coefficient (Wildman–Crippen LogP) is 2.78. The minimum Gasteiger partial charge on any atom is -0.353 e. The van der Waals surface area contributed by atoms with Crippen LogP contribution >= 0.6 is 0 Å². The number of aryl methyl sites for hydroxylation is 1. The van der Waals surface area contributed by atoms with E-state index in [1.165, 1.54) is 12.1 Å². The molecule has 1 aliphatic rings. The summed E-state index contributed by atoms with van der Waals surface area (Å²) in [5, 5.41) is 2.92. The van der Waals surface area contributed by atoms with Crippen LogP contribution in [-0.2, 0) is 30.2 Å². The fourth-order valence-electron chi connectivity index (χ4n) is 3.16. The number of hydrogen-bond acceptors (Lipinski definition) is 4. The molecule has 0 spiro atoms. The first-order valence-corrected chi connectivity index (χ1v) is 8.70. The van der Waals surface area contributed by atoms with Crippen molar-refractivity contribution in [2.24, 2.45) is 0 Å². The van der Waals surface area contributed by atoms with Crippen molar-refractivity contribution in [2.75, 3.05) is 19.0 Å². The Morgan fingerprint density at radius 3 is 2.81 bits per heavy atom. The van der Waals surface area contributed by atoms with Gasteiger partial charge in [0.05, 0.1) is 12.0 Å². The van der Waals surface area contributed by atoms with Crippen molar-refractivity contribution >= 4 is 11.9 Å². The third-order valence-electron chi connectivity index (χ3n) is 4.52. The Morgan fingerprint density at radius 1 is 1.33 bits per heavy atom. The molecule has 0 radical (unpaired) electrons. The molecule has 5 nitrogen and oxygen atoms in total. The average Bonchev–Trinajstić information content (AvgIpc) is 2.60. The largest absolute Gasteiger partial charge is 0.416 e. The molecule has 0 saturated carbocycles. The van der Waals surface area contributed by atoms with E-state index < -0.39 is 11.7 Å². The highest BCUT2D eigenvalue weighted by molar-refractivity contribution is 5.79. The molecule has 0 saturated heterocycles. The lowest BCUT2D eigenvalue weighted by molar-refractivity contribution is -0.137. The Morgan fingerprint density at radius 2 is 2.11 bits per heavy atom. The van der Waals surface area contributed by atoms with Crippen molar-refractivity contribution in [3.8, 4) is 0 Å². The van der Waals surface area contributed by atoms with Gasteiger partial charge in [0.25, 0.3) is 0 Å². The molecule has 1 unspecified atom stereocenters. The van der Waals surface area contributed by atoms with E-state index >= 15 is 0 Å². The van der Waals surface area contributed by atoms with Gasteiger partial charge in [-0.3, -0.25) is 4.79 Å². The van der Waals surface area contributed by atoms with Crippen LogP contribution in [-0.4, -0.2) is 36.0 Å². The second kappa shape index (κ2) is 7.54. The summed E-state index contributed by atoms with van der Waals surface area (Å²) in [5.41, 5.74) is 1.58. The number of hydrogen-bond donors (Lipinski definition) is 1. The number of carbonyl (C=O) groups is 1. The van der Waals surface area contributed by atoms with E-state index in [9.17, 15) is 18.0 Å². The summed E-state index contributed by atoms with van der Waals surface area (Å²) in [6, 6.07) is 4.81. The SMILES string of the molecule is CN(C)c1ncc2c(n1)CCC(NC(=O)Cc1cccc(C(F)(F)F)c1)C2. The molecule has 1 aliphatic carbocycles. The van der Waals surface area contributed by atoms with Gasteiger partial charge in [-0.1, -0.05) is 18.2 Å². The normalized spacial score (nSPS) is 16.6. The van der Waals surface area contributed by atoms with Crippen LogP contribution in [0.4, 0.5) is 19.1 Å². The van der Waals surface area contributed by atoms with E-state index in [1.807, 2.05) is 19.0 Å². The van der Waals surface area contributed by atoms with Crippen molar-refractivity contribution in [1.82, 2.24) is 15.3 Å². The lowest BCUT2D eigenvalue weighted by Crippen LogP contribution is -2.40. The Hall–Kier alpha value is -2.64. The van der Waals surface area contributed by atoms with E-state index in [1.54, 1.807) is 6.20 Å². The highest BCUT2D eigenvalue weighted by Crippen LogP contribution is 2.29. The molecule has 1 amide bonds. The maximum Gasteiger partial charge on any atom is 0.416 e. The molecule has 0 aliphatic heterocycles. The van der Waals surface area contributed by atoms with Crippen LogP contribution in [0.2, 0.25) is 0 Å². The first kappa shape index (κ1) is 19.1. The van der Waals surface area contributed by atoms with Crippen LogP contribution in [0.3, 0.4) is 0 Å². The minimum absolute atomic E-state index is 0.0652. The van der Waals surface area contributed by atoms with Gasteiger partial charge in [-0.05, 0) is 36.5 Å². The van der Waals surface area contributed by atoms with Crippen LogP contribution in [0.25, 0.3) is 0 Å². The van der Waals surface area contributed by atoms with Crippen LogP contribution in [0.5, 0.6) is 0 Å². The number of fused-ring (bicyclic) bond motifs is 1. The molecular formula is C19H21F3N4O. The fourth-order valence-corrected chi connectivity index (χ4v) is 3.16. The molecule has 1 atom stereocenters. The smallest absolute Gasteiger partial charge is 0.353 e. The number of anilines is 1. The monoisotopic (exact) mass is 378 g/mol. The Balaban J connectivity index is 1.61. The molecule has 27 heavy (non-hydrogen) atoms. The number of halogens is 3. The Kier molecular flexibility index (Phi) is 5.34. The number of carbonyl (C=O) groups excluding carboxylic acids is 1.